The molecule has 0 unspecified atom stereocenters. The summed E-state index contributed by atoms with van der Waals surface area (Å²) in [5.74, 6) is -0.646. The minimum absolute atomic E-state index is 0.0559. The number of hydrogen-bond donors (Lipinski definition) is 1. The van der Waals surface area contributed by atoms with Gasteiger partial charge in [-0.25, -0.2) is 4.39 Å². The third-order valence-corrected chi connectivity index (χ3v) is 4.42. The molecule has 0 saturated carbocycles. The topological polar surface area (TPSA) is 49.4 Å². The maximum Gasteiger partial charge on any atom is 0.247 e. The van der Waals surface area contributed by atoms with E-state index in [4.69, 9.17) is 0 Å². The number of halogens is 1. The van der Waals surface area contributed by atoms with Crippen molar-refractivity contribution >= 4 is 11.8 Å². The second-order valence-corrected chi connectivity index (χ2v) is 6.52. The molecule has 0 fully saturated rings. The molecule has 1 aliphatic rings. The van der Waals surface area contributed by atoms with Crippen molar-refractivity contribution < 1.29 is 14.0 Å². The Labute approximate surface area is 146 Å². The molecule has 25 heavy (non-hydrogen) atoms. The summed E-state index contributed by atoms with van der Waals surface area (Å²) in [6.07, 6.45) is 0.308. The van der Waals surface area contributed by atoms with Gasteiger partial charge in [0.2, 0.25) is 11.8 Å². The molecule has 1 N–H and O–H groups in total. The number of carbonyl (C=O) groups excluding carboxylic acids is 2. The monoisotopic (exact) mass is 340 g/mol. The molecule has 0 saturated heterocycles. The van der Waals surface area contributed by atoms with Crippen LogP contribution in [0, 0.1) is 5.82 Å². The maximum absolute atomic E-state index is 13.3. The Kier molecular flexibility index (Phi) is 4.83. The minimum atomic E-state index is -0.661. The van der Waals surface area contributed by atoms with Gasteiger partial charge in [0, 0.05) is 12.6 Å². The third-order valence-electron chi connectivity index (χ3n) is 4.42. The van der Waals surface area contributed by atoms with Crippen molar-refractivity contribution in [3.05, 3.63) is 71.0 Å². The molecule has 3 rings (SSSR count). The summed E-state index contributed by atoms with van der Waals surface area (Å²) in [4.78, 5) is 27.0. The average molecular weight is 340 g/mol. The van der Waals surface area contributed by atoms with Crippen LogP contribution in [0.15, 0.2) is 48.5 Å². The van der Waals surface area contributed by atoms with Crippen LogP contribution in [0.1, 0.15) is 36.6 Å². The summed E-state index contributed by atoms with van der Waals surface area (Å²) in [6, 6.07) is 12.9. The number of rotatable bonds is 4. The first-order valence-corrected chi connectivity index (χ1v) is 8.38. The molecule has 2 aromatic rings. The molecule has 4 nitrogen and oxygen atoms in total. The van der Waals surface area contributed by atoms with Gasteiger partial charge in [0.05, 0.1) is 6.42 Å². The van der Waals surface area contributed by atoms with Crippen LogP contribution in [0.2, 0.25) is 0 Å². The molecule has 2 amide bonds. The number of nitrogens with zero attached hydrogens (tertiary/aromatic N) is 1. The SMILES string of the molecule is CC(C)N1C(=O)Cc2ccccc2[C@@H]1C(=O)NCc1cccc(F)c1. The summed E-state index contributed by atoms with van der Waals surface area (Å²) in [7, 11) is 0. The van der Waals surface area contributed by atoms with Crippen molar-refractivity contribution in [3.8, 4) is 0 Å². The highest BCUT2D eigenvalue weighted by Gasteiger charge is 2.38. The van der Waals surface area contributed by atoms with E-state index in [-0.39, 0.29) is 30.2 Å². The van der Waals surface area contributed by atoms with E-state index in [9.17, 15) is 14.0 Å². The van der Waals surface area contributed by atoms with Gasteiger partial charge in [-0.2, -0.15) is 0 Å². The van der Waals surface area contributed by atoms with Gasteiger partial charge in [-0.15, -0.1) is 0 Å². The van der Waals surface area contributed by atoms with Crippen LogP contribution in [0.3, 0.4) is 0 Å². The van der Waals surface area contributed by atoms with Gasteiger partial charge in [-0.05, 0) is 42.7 Å². The van der Waals surface area contributed by atoms with E-state index in [1.54, 1.807) is 17.0 Å². The molecule has 1 atom stereocenters. The van der Waals surface area contributed by atoms with Gasteiger partial charge in [-0.1, -0.05) is 36.4 Å². The van der Waals surface area contributed by atoms with Crippen molar-refractivity contribution in [2.45, 2.75) is 38.9 Å². The standard InChI is InChI=1S/C20H21FN2O2/c1-13(2)23-18(24)11-15-7-3-4-9-17(15)19(23)20(25)22-12-14-6-5-8-16(21)10-14/h3-10,13,19H,11-12H2,1-2H3,(H,22,25)/t19-/m1/s1. The highest BCUT2D eigenvalue weighted by Crippen LogP contribution is 2.32. The largest absolute Gasteiger partial charge is 0.350 e. The molecule has 0 spiro atoms. The molecule has 0 aromatic heterocycles. The van der Waals surface area contributed by atoms with Crippen LogP contribution in [0.25, 0.3) is 0 Å². The van der Waals surface area contributed by atoms with E-state index >= 15 is 0 Å². The Bertz CT molecular complexity index is 804. The first-order valence-electron chi connectivity index (χ1n) is 8.38. The van der Waals surface area contributed by atoms with Gasteiger partial charge in [0.15, 0.2) is 0 Å². The van der Waals surface area contributed by atoms with Crippen molar-refractivity contribution in [1.82, 2.24) is 10.2 Å². The van der Waals surface area contributed by atoms with Crippen molar-refractivity contribution in [2.75, 3.05) is 0 Å². The van der Waals surface area contributed by atoms with Gasteiger partial charge in [0.25, 0.3) is 0 Å². The third kappa shape index (κ3) is 3.55. The highest BCUT2D eigenvalue weighted by atomic mass is 19.1. The van der Waals surface area contributed by atoms with Crippen LogP contribution >= 0.6 is 0 Å². The fraction of sp³-hybridized carbons (Fsp3) is 0.300. The highest BCUT2D eigenvalue weighted by molar-refractivity contribution is 5.92. The van der Waals surface area contributed by atoms with Crippen LogP contribution in [0.5, 0.6) is 0 Å². The summed E-state index contributed by atoms with van der Waals surface area (Å²) < 4.78 is 13.3. The van der Waals surface area contributed by atoms with E-state index in [1.807, 2.05) is 38.1 Å². The molecule has 0 radical (unpaired) electrons. The van der Waals surface area contributed by atoms with Gasteiger partial charge in [-0.3, -0.25) is 9.59 Å². The molecule has 1 heterocycles. The summed E-state index contributed by atoms with van der Waals surface area (Å²) in [5, 5.41) is 2.84. The van der Waals surface area contributed by atoms with Crippen molar-refractivity contribution in [1.29, 1.82) is 0 Å². The molecular formula is C20H21FN2O2. The lowest BCUT2D eigenvalue weighted by Gasteiger charge is -2.39. The fourth-order valence-corrected chi connectivity index (χ4v) is 3.30. The molecular weight excluding hydrogens is 319 g/mol. The zero-order chi connectivity index (χ0) is 18.0. The lowest BCUT2D eigenvalue weighted by Crippen LogP contribution is -2.50. The second kappa shape index (κ2) is 7.05. The number of amides is 2. The van der Waals surface area contributed by atoms with E-state index in [2.05, 4.69) is 5.32 Å². The summed E-state index contributed by atoms with van der Waals surface area (Å²) in [6.45, 7) is 4.02. The van der Waals surface area contributed by atoms with Crippen LogP contribution in [-0.2, 0) is 22.6 Å². The van der Waals surface area contributed by atoms with Gasteiger partial charge < -0.3 is 10.2 Å². The van der Waals surface area contributed by atoms with Gasteiger partial charge in [0.1, 0.15) is 11.9 Å². The Morgan fingerprint density at radius 1 is 1.24 bits per heavy atom. The van der Waals surface area contributed by atoms with E-state index in [0.29, 0.717) is 12.0 Å². The Morgan fingerprint density at radius 2 is 2.00 bits per heavy atom. The van der Waals surface area contributed by atoms with Crippen LogP contribution < -0.4 is 5.32 Å². The first-order chi connectivity index (χ1) is 12.0. The molecule has 2 aromatic carbocycles. The Morgan fingerprint density at radius 3 is 2.72 bits per heavy atom. The van der Waals surface area contributed by atoms with Crippen LogP contribution in [-0.4, -0.2) is 22.8 Å². The van der Waals surface area contributed by atoms with E-state index in [0.717, 1.165) is 11.1 Å². The van der Waals surface area contributed by atoms with Crippen molar-refractivity contribution in [2.24, 2.45) is 0 Å². The lowest BCUT2D eigenvalue weighted by molar-refractivity contribution is -0.143. The Hall–Kier alpha value is -2.69. The minimum Gasteiger partial charge on any atom is -0.350 e. The lowest BCUT2D eigenvalue weighted by atomic mass is 9.90. The smallest absolute Gasteiger partial charge is 0.247 e. The summed E-state index contributed by atoms with van der Waals surface area (Å²) >= 11 is 0. The summed E-state index contributed by atoms with van der Waals surface area (Å²) in [5.41, 5.74) is 2.42. The van der Waals surface area contributed by atoms with E-state index in [1.165, 1.54) is 12.1 Å². The number of nitrogens with one attached hydrogen (secondary N) is 1. The van der Waals surface area contributed by atoms with E-state index < -0.39 is 6.04 Å². The Balaban J connectivity index is 1.86. The number of carbonyl (C=O) groups is 2. The molecule has 0 bridgehead atoms. The first kappa shape index (κ1) is 17.1. The average Bonchev–Trinajstić information content (AvgIpc) is 2.58. The molecule has 130 valence electrons. The fourth-order valence-electron chi connectivity index (χ4n) is 3.30. The predicted octanol–water partition coefficient (Wildman–Crippen LogP) is 2.98. The normalized spacial score (nSPS) is 16.7. The molecule has 0 aliphatic carbocycles. The number of hydrogen-bond acceptors (Lipinski definition) is 2. The second-order valence-electron chi connectivity index (χ2n) is 6.52. The van der Waals surface area contributed by atoms with Gasteiger partial charge >= 0.3 is 0 Å². The zero-order valence-corrected chi connectivity index (χ0v) is 14.3. The predicted molar refractivity (Wildman–Crippen MR) is 93.1 cm³/mol. The molecule has 5 heteroatoms. The zero-order valence-electron chi connectivity index (χ0n) is 14.3. The quantitative estimate of drug-likeness (QED) is 0.930. The maximum atomic E-state index is 13.3. The van der Waals surface area contributed by atoms with Crippen molar-refractivity contribution in [3.63, 3.8) is 0 Å². The number of fused-ring (bicyclic) bond motifs is 1. The van der Waals surface area contributed by atoms with Crippen LogP contribution in [0.4, 0.5) is 4.39 Å². The number of benzene rings is 2. The molecule has 1 aliphatic heterocycles.